The Bertz CT molecular complexity index is 682. The second-order valence-corrected chi connectivity index (χ2v) is 5.78. The average molecular weight is 488 g/mol. The Balaban J connectivity index is 0.00000364. The molecule has 0 aliphatic heterocycles. The van der Waals surface area contributed by atoms with E-state index in [2.05, 4.69) is 20.6 Å². The number of benzene rings is 1. The molecule has 0 aliphatic rings. The molecule has 0 bridgehead atoms. The minimum absolute atomic E-state index is 0. The Morgan fingerprint density at radius 1 is 1.15 bits per heavy atom. The van der Waals surface area contributed by atoms with E-state index in [0.717, 1.165) is 35.3 Å². The number of methoxy groups -OCH3 is 1. The average Bonchev–Trinajstić information content (AvgIpc) is 2.96. The summed E-state index contributed by atoms with van der Waals surface area (Å²) in [6.45, 7) is 8.84. The predicted octanol–water partition coefficient (Wildman–Crippen LogP) is 3.19. The fraction of sp³-hybridized carbons (Fsp3) is 0.474. The molecule has 1 aromatic carbocycles. The van der Waals surface area contributed by atoms with Crippen molar-refractivity contribution in [1.29, 1.82) is 0 Å². The molecule has 0 spiro atoms. The summed E-state index contributed by atoms with van der Waals surface area (Å²) in [4.78, 5) is 8.96. The van der Waals surface area contributed by atoms with E-state index in [9.17, 15) is 0 Å². The van der Waals surface area contributed by atoms with E-state index in [1.807, 2.05) is 45.0 Å². The van der Waals surface area contributed by atoms with Gasteiger partial charge in [-0.05, 0) is 38.5 Å². The minimum Gasteiger partial charge on any atom is -0.491 e. The van der Waals surface area contributed by atoms with Crippen molar-refractivity contribution in [3.05, 3.63) is 47.2 Å². The van der Waals surface area contributed by atoms with E-state index in [0.29, 0.717) is 32.2 Å². The second-order valence-electron chi connectivity index (χ2n) is 5.78. The van der Waals surface area contributed by atoms with E-state index in [1.165, 1.54) is 0 Å². The summed E-state index contributed by atoms with van der Waals surface area (Å²) < 4.78 is 16.1. The highest BCUT2D eigenvalue weighted by atomic mass is 127. The Hall–Kier alpha value is -1.81. The maximum absolute atomic E-state index is 5.58. The first-order valence-electron chi connectivity index (χ1n) is 8.78. The van der Waals surface area contributed by atoms with Crippen LogP contribution in [0.2, 0.25) is 0 Å². The molecule has 1 heterocycles. The van der Waals surface area contributed by atoms with Crippen LogP contribution in [0, 0.1) is 13.8 Å². The van der Waals surface area contributed by atoms with Crippen LogP contribution in [-0.4, -0.2) is 37.8 Å². The molecule has 150 valence electrons. The molecule has 2 aromatic rings. The largest absolute Gasteiger partial charge is 0.491 e. The van der Waals surface area contributed by atoms with Crippen LogP contribution in [0.3, 0.4) is 0 Å². The van der Waals surface area contributed by atoms with Crippen LogP contribution >= 0.6 is 24.0 Å². The van der Waals surface area contributed by atoms with E-state index >= 15 is 0 Å². The van der Waals surface area contributed by atoms with Crippen molar-refractivity contribution in [2.24, 2.45) is 4.99 Å². The summed E-state index contributed by atoms with van der Waals surface area (Å²) in [5, 5.41) is 6.46. The summed E-state index contributed by atoms with van der Waals surface area (Å²) >= 11 is 0. The highest BCUT2D eigenvalue weighted by molar-refractivity contribution is 14.0. The lowest BCUT2D eigenvalue weighted by molar-refractivity contribution is 0.146. The van der Waals surface area contributed by atoms with Crippen molar-refractivity contribution in [3.63, 3.8) is 0 Å². The summed E-state index contributed by atoms with van der Waals surface area (Å²) in [5.41, 5.74) is 2.01. The number of nitrogens with one attached hydrogen (secondary N) is 2. The highest BCUT2D eigenvalue weighted by Crippen LogP contribution is 2.13. The van der Waals surface area contributed by atoms with Gasteiger partial charge in [0, 0.05) is 13.7 Å². The van der Waals surface area contributed by atoms with E-state index in [1.54, 1.807) is 7.11 Å². The van der Waals surface area contributed by atoms with Gasteiger partial charge in [0.25, 0.3) is 0 Å². The van der Waals surface area contributed by atoms with Gasteiger partial charge in [0.05, 0.1) is 25.4 Å². The van der Waals surface area contributed by atoms with Crippen molar-refractivity contribution in [1.82, 2.24) is 15.6 Å². The van der Waals surface area contributed by atoms with Gasteiger partial charge >= 0.3 is 0 Å². The molecule has 0 saturated carbocycles. The number of guanidine groups is 1. The van der Waals surface area contributed by atoms with Gasteiger partial charge in [-0.3, -0.25) is 0 Å². The molecule has 0 saturated heterocycles. The molecule has 27 heavy (non-hydrogen) atoms. The molecule has 0 aliphatic carbocycles. The number of oxazole rings is 1. The SMILES string of the molecule is CCNC(=NCc1ccc(OCCOC)cc1)NCc1nc(C)c(C)o1.I. The zero-order chi connectivity index (χ0) is 18.8. The Kier molecular flexibility index (Phi) is 10.8. The molecule has 7 nitrogen and oxygen atoms in total. The van der Waals surface area contributed by atoms with Crippen molar-refractivity contribution in [2.45, 2.75) is 33.9 Å². The van der Waals surface area contributed by atoms with Crippen molar-refractivity contribution in [2.75, 3.05) is 26.9 Å². The second kappa shape index (κ2) is 12.6. The number of hydrogen-bond donors (Lipinski definition) is 2. The standard InChI is InChI=1S/C19H28N4O3.HI/c1-5-20-19(22-13-18-23-14(2)15(3)26-18)21-12-16-6-8-17(9-7-16)25-11-10-24-4;/h6-9H,5,10-13H2,1-4H3,(H2,20,21,22);1H. The normalized spacial score (nSPS) is 11.0. The smallest absolute Gasteiger partial charge is 0.214 e. The van der Waals surface area contributed by atoms with Crippen LogP contribution in [0.4, 0.5) is 0 Å². The molecule has 0 amide bonds. The molecular weight excluding hydrogens is 459 g/mol. The van der Waals surface area contributed by atoms with Crippen molar-refractivity contribution < 1.29 is 13.9 Å². The van der Waals surface area contributed by atoms with E-state index in [-0.39, 0.29) is 24.0 Å². The number of nitrogens with zero attached hydrogens (tertiary/aromatic N) is 2. The molecule has 2 rings (SSSR count). The lowest BCUT2D eigenvalue weighted by atomic mass is 10.2. The van der Waals surface area contributed by atoms with Crippen LogP contribution in [0.25, 0.3) is 0 Å². The summed E-state index contributed by atoms with van der Waals surface area (Å²) in [6.07, 6.45) is 0. The molecule has 0 radical (unpaired) electrons. The van der Waals surface area contributed by atoms with E-state index in [4.69, 9.17) is 13.9 Å². The highest BCUT2D eigenvalue weighted by Gasteiger charge is 2.06. The lowest BCUT2D eigenvalue weighted by Crippen LogP contribution is -2.36. The van der Waals surface area contributed by atoms with Crippen LogP contribution in [0.15, 0.2) is 33.7 Å². The van der Waals surface area contributed by atoms with Gasteiger partial charge in [-0.1, -0.05) is 12.1 Å². The number of hydrogen-bond acceptors (Lipinski definition) is 5. The summed E-state index contributed by atoms with van der Waals surface area (Å²) in [6, 6.07) is 7.91. The third-order valence-electron chi connectivity index (χ3n) is 3.72. The van der Waals surface area contributed by atoms with Crippen molar-refractivity contribution in [3.8, 4) is 5.75 Å². The monoisotopic (exact) mass is 488 g/mol. The molecule has 8 heteroatoms. The molecule has 0 fully saturated rings. The first-order chi connectivity index (χ1) is 12.6. The fourth-order valence-electron chi connectivity index (χ4n) is 2.22. The molecule has 2 N–H and O–H groups in total. The lowest BCUT2D eigenvalue weighted by Gasteiger charge is -2.10. The van der Waals surface area contributed by atoms with Gasteiger partial charge in [-0.2, -0.15) is 0 Å². The van der Waals surface area contributed by atoms with Gasteiger partial charge in [0.1, 0.15) is 18.1 Å². The third-order valence-corrected chi connectivity index (χ3v) is 3.72. The number of aliphatic imine (C=N–C) groups is 1. The van der Waals surface area contributed by atoms with Gasteiger partial charge in [-0.15, -0.1) is 24.0 Å². The van der Waals surface area contributed by atoms with Gasteiger partial charge < -0.3 is 24.5 Å². The van der Waals surface area contributed by atoms with Crippen molar-refractivity contribution >= 4 is 29.9 Å². The Morgan fingerprint density at radius 2 is 1.89 bits per heavy atom. The number of halogens is 1. The zero-order valence-electron chi connectivity index (χ0n) is 16.4. The predicted molar refractivity (Wildman–Crippen MR) is 117 cm³/mol. The molecule has 0 atom stereocenters. The van der Waals surface area contributed by atoms with Gasteiger partial charge in [-0.25, -0.2) is 9.98 Å². The number of ether oxygens (including phenoxy) is 2. The number of aryl methyl sites for hydroxylation is 2. The quantitative estimate of drug-likeness (QED) is 0.244. The van der Waals surface area contributed by atoms with Crippen LogP contribution in [0.1, 0.15) is 29.8 Å². The van der Waals surface area contributed by atoms with Gasteiger partial charge in [0.2, 0.25) is 5.89 Å². The van der Waals surface area contributed by atoms with Crippen LogP contribution < -0.4 is 15.4 Å². The maximum atomic E-state index is 5.58. The Labute approximate surface area is 178 Å². The Morgan fingerprint density at radius 3 is 2.48 bits per heavy atom. The molecule has 0 unspecified atom stereocenters. The van der Waals surface area contributed by atoms with Crippen LogP contribution in [-0.2, 0) is 17.8 Å². The zero-order valence-corrected chi connectivity index (χ0v) is 18.7. The first kappa shape index (κ1) is 23.2. The first-order valence-corrected chi connectivity index (χ1v) is 8.78. The number of rotatable bonds is 9. The third kappa shape index (κ3) is 8.17. The topological polar surface area (TPSA) is 80.9 Å². The minimum atomic E-state index is 0. The van der Waals surface area contributed by atoms with Crippen LogP contribution in [0.5, 0.6) is 5.75 Å². The molecular formula is C19H29IN4O3. The fourth-order valence-corrected chi connectivity index (χ4v) is 2.22. The summed E-state index contributed by atoms with van der Waals surface area (Å²) in [5.74, 6) is 3.05. The number of aromatic nitrogens is 1. The maximum Gasteiger partial charge on any atom is 0.214 e. The summed E-state index contributed by atoms with van der Waals surface area (Å²) in [7, 11) is 1.66. The molecule has 1 aromatic heterocycles. The van der Waals surface area contributed by atoms with Gasteiger partial charge in [0.15, 0.2) is 5.96 Å². The van der Waals surface area contributed by atoms with E-state index < -0.39 is 0 Å².